The van der Waals surface area contributed by atoms with Crippen LogP contribution in [0.2, 0.25) is 0 Å². The molecular formula is C13H19N3O2. The van der Waals surface area contributed by atoms with Crippen LogP contribution in [0.15, 0.2) is 30.3 Å². The van der Waals surface area contributed by atoms with E-state index >= 15 is 0 Å². The van der Waals surface area contributed by atoms with E-state index in [9.17, 15) is 9.59 Å². The van der Waals surface area contributed by atoms with Crippen LogP contribution in [0, 0.1) is 0 Å². The Bertz CT molecular complexity index is 392. The third-order valence-electron chi connectivity index (χ3n) is 2.45. The topological polar surface area (TPSA) is 84.2 Å². The number of carbonyl (C=O) groups is 2. The van der Waals surface area contributed by atoms with Crippen LogP contribution in [0.25, 0.3) is 0 Å². The van der Waals surface area contributed by atoms with Crippen molar-refractivity contribution in [3.8, 4) is 0 Å². The quantitative estimate of drug-likeness (QED) is 0.671. The Morgan fingerprint density at radius 2 is 1.94 bits per heavy atom. The fourth-order valence-electron chi connectivity index (χ4n) is 1.45. The summed E-state index contributed by atoms with van der Waals surface area (Å²) in [6.07, 6.45) is 0.232. The van der Waals surface area contributed by atoms with Gasteiger partial charge in [0.15, 0.2) is 0 Å². The van der Waals surface area contributed by atoms with Crippen LogP contribution in [0.1, 0.15) is 18.9 Å². The van der Waals surface area contributed by atoms with Gasteiger partial charge in [0.25, 0.3) is 0 Å². The lowest BCUT2D eigenvalue weighted by Gasteiger charge is -2.13. The molecule has 98 valence electrons. The van der Waals surface area contributed by atoms with Gasteiger partial charge >= 0.3 is 0 Å². The Labute approximate surface area is 107 Å². The second-order valence-electron chi connectivity index (χ2n) is 4.03. The van der Waals surface area contributed by atoms with Gasteiger partial charge in [-0.2, -0.15) is 0 Å². The number of benzene rings is 1. The molecule has 1 rings (SSSR count). The molecule has 0 radical (unpaired) electrons. The first-order chi connectivity index (χ1) is 8.63. The molecule has 2 amide bonds. The molecule has 1 unspecified atom stereocenters. The van der Waals surface area contributed by atoms with E-state index in [0.717, 1.165) is 5.56 Å². The van der Waals surface area contributed by atoms with Gasteiger partial charge in [0.2, 0.25) is 11.8 Å². The molecule has 0 spiro atoms. The Balaban J connectivity index is 2.34. The van der Waals surface area contributed by atoms with Crippen molar-refractivity contribution in [2.75, 3.05) is 6.54 Å². The van der Waals surface area contributed by atoms with Crippen molar-refractivity contribution >= 4 is 11.8 Å². The molecule has 5 nitrogen and oxygen atoms in total. The van der Waals surface area contributed by atoms with Crippen LogP contribution in [0.4, 0.5) is 0 Å². The normalized spacial score (nSPS) is 11.7. The van der Waals surface area contributed by atoms with Crippen molar-refractivity contribution < 1.29 is 9.59 Å². The minimum absolute atomic E-state index is 0.204. The zero-order chi connectivity index (χ0) is 13.4. The first kappa shape index (κ1) is 14.2. The molecule has 1 aromatic rings. The minimum Gasteiger partial charge on any atom is -0.350 e. The Hall–Kier alpha value is -1.88. The number of nitrogens with two attached hydrogens (primary N) is 1. The second-order valence-corrected chi connectivity index (χ2v) is 4.03. The standard InChI is InChI=1S/C13H19N3O2/c1-10(16-12(17)7-8-14)13(18)15-9-11-5-3-2-4-6-11/h2-6,10H,7-9,14H2,1H3,(H,15,18)(H,16,17). The Morgan fingerprint density at radius 3 is 2.56 bits per heavy atom. The molecule has 1 aromatic carbocycles. The lowest BCUT2D eigenvalue weighted by molar-refractivity contribution is -0.128. The van der Waals surface area contributed by atoms with Crippen LogP contribution in [-0.2, 0) is 16.1 Å². The first-order valence-electron chi connectivity index (χ1n) is 5.94. The van der Waals surface area contributed by atoms with E-state index in [1.807, 2.05) is 30.3 Å². The van der Waals surface area contributed by atoms with Crippen molar-refractivity contribution in [1.82, 2.24) is 10.6 Å². The summed E-state index contributed by atoms with van der Waals surface area (Å²) in [6, 6.07) is 9.05. The van der Waals surface area contributed by atoms with Gasteiger partial charge in [0, 0.05) is 19.5 Å². The number of rotatable bonds is 6. The number of hydrogen-bond donors (Lipinski definition) is 3. The van der Waals surface area contributed by atoms with Crippen LogP contribution < -0.4 is 16.4 Å². The Kier molecular flexibility index (Phi) is 5.87. The van der Waals surface area contributed by atoms with Crippen LogP contribution in [0.3, 0.4) is 0 Å². The molecule has 1 atom stereocenters. The minimum atomic E-state index is -0.548. The predicted molar refractivity (Wildman–Crippen MR) is 69.6 cm³/mol. The molecule has 0 aliphatic carbocycles. The average Bonchev–Trinajstić information content (AvgIpc) is 2.37. The molecule has 0 saturated heterocycles. The summed E-state index contributed by atoms with van der Waals surface area (Å²) >= 11 is 0. The lowest BCUT2D eigenvalue weighted by atomic mass is 10.2. The number of nitrogens with one attached hydrogen (secondary N) is 2. The summed E-state index contributed by atoms with van der Waals surface area (Å²) < 4.78 is 0. The van der Waals surface area contributed by atoms with E-state index in [-0.39, 0.29) is 24.8 Å². The molecule has 18 heavy (non-hydrogen) atoms. The van der Waals surface area contributed by atoms with Gasteiger partial charge in [-0.3, -0.25) is 9.59 Å². The van der Waals surface area contributed by atoms with E-state index < -0.39 is 6.04 Å². The van der Waals surface area contributed by atoms with Crippen molar-refractivity contribution in [2.24, 2.45) is 5.73 Å². The molecule has 0 fully saturated rings. The lowest BCUT2D eigenvalue weighted by Crippen LogP contribution is -2.44. The highest BCUT2D eigenvalue weighted by Gasteiger charge is 2.14. The van der Waals surface area contributed by atoms with E-state index in [2.05, 4.69) is 10.6 Å². The SMILES string of the molecule is CC(NC(=O)CCN)C(=O)NCc1ccccc1. The van der Waals surface area contributed by atoms with Gasteiger partial charge < -0.3 is 16.4 Å². The summed E-state index contributed by atoms with van der Waals surface area (Å²) in [7, 11) is 0. The molecule has 0 aliphatic rings. The summed E-state index contributed by atoms with van der Waals surface area (Å²) in [5.74, 6) is -0.413. The molecule has 5 heteroatoms. The highest BCUT2D eigenvalue weighted by molar-refractivity contribution is 5.87. The smallest absolute Gasteiger partial charge is 0.242 e. The van der Waals surface area contributed by atoms with E-state index in [4.69, 9.17) is 5.73 Å². The van der Waals surface area contributed by atoms with Crippen molar-refractivity contribution in [1.29, 1.82) is 0 Å². The van der Waals surface area contributed by atoms with Gasteiger partial charge in [0.1, 0.15) is 6.04 Å². The molecule has 0 aliphatic heterocycles. The maximum absolute atomic E-state index is 11.7. The fraction of sp³-hybridized carbons (Fsp3) is 0.385. The van der Waals surface area contributed by atoms with Gasteiger partial charge in [-0.25, -0.2) is 0 Å². The number of amides is 2. The van der Waals surface area contributed by atoms with Gasteiger partial charge in [0.05, 0.1) is 0 Å². The summed E-state index contributed by atoms with van der Waals surface area (Å²) in [5, 5.41) is 5.35. The van der Waals surface area contributed by atoms with Gasteiger partial charge in [-0.05, 0) is 12.5 Å². The van der Waals surface area contributed by atoms with Gasteiger partial charge in [-0.1, -0.05) is 30.3 Å². The highest BCUT2D eigenvalue weighted by Crippen LogP contribution is 1.97. The molecule has 0 heterocycles. The van der Waals surface area contributed by atoms with E-state index in [1.165, 1.54) is 0 Å². The maximum Gasteiger partial charge on any atom is 0.242 e. The zero-order valence-corrected chi connectivity index (χ0v) is 10.5. The third-order valence-corrected chi connectivity index (χ3v) is 2.45. The van der Waals surface area contributed by atoms with Crippen LogP contribution >= 0.6 is 0 Å². The largest absolute Gasteiger partial charge is 0.350 e. The molecule has 4 N–H and O–H groups in total. The zero-order valence-electron chi connectivity index (χ0n) is 10.5. The predicted octanol–water partition coefficient (Wildman–Crippen LogP) is 0.156. The van der Waals surface area contributed by atoms with Crippen LogP contribution in [0.5, 0.6) is 0 Å². The monoisotopic (exact) mass is 249 g/mol. The Morgan fingerprint density at radius 1 is 1.28 bits per heavy atom. The summed E-state index contributed by atoms with van der Waals surface area (Å²) in [4.78, 5) is 23.0. The molecule has 0 aromatic heterocycles. The summed E-state index contributed by atoms with van der Waals surface area (Å²) in [6.45, 7) is 2.38. The third kappa shape index (κ3) is 4.97. The fourth-order valence-corrected chi connectivity index (χ4v) is 1.45. The van der Waals surface area contributed by atoms with Crippen molar-refractivity contribution in [3.63, 3.8) is 0 Å². The molecule has 0 saturated carbocycles. The molecule has 0 bridgehead atoms. The number of carbonyl (C=O) groups excluding carboxylic acids is 2. The highest BCUT2D eigenvalue weighted by atomic mass is 16.2. The second kappa shape index (κ2) is 7.45. The number of hydrogen-bond acceptors (Lipinski definition) is 3. The van der Waals surface area contributed by atoms with E-state index in [0.29, 0.717) is 6.54 Å². The molecular weight excluding hydrogens is 230 g/mol. The first-order valence-corrected chi connectivity index (χ1v) is 5.94. The average molecular weight is 249 g/mol. The maximum atomic E-state index is 11.7. The van der Waals surface area contributed by atoms with Gasteiger partial charge in [-0.15, -0.1) is 0 Å². The summed E-state index contributed by atoms with van der Waals surface area (Å²) in [5.41, 5.74) is 6.27. The van der Waals surface area contributed by atoms with Crippen LogP contribution in [-0.4, -0.2) is 24.4 Å². The van der Waals surface area contributed by atoms with Crippen molar-refractivity contribution in [3.05, 3.63) is 35.9 Å². The van der Waals surface area contributed by atoms with Crippen molar-refractivity contribution in [2.45, 2.75) is 25.9 Å². The van der Waals surface area contributed by atoms with E-state index in [1.54, 1.807) is 6.92 Å².